The van der Waals surface area contributed by atoms with Gasteiger partial charge in [-0.15, -0.1) is 0 Å². The van der Waals surface area contributed by atoms with E-state index in [1.807, 2.05) is 23.9 Å². The summed E-state index contributed by atoms with van der Waals surface area (Å²) < 4.78 is 1.04. The molecule has 8 heteroatoms. The van der Waals surface area contributed by atoms with Gasteiger partial charge in [-0.1, -0.05) is 82.7 Å². The van der Waals surface area contributed by atoms with Crippen molar-refractivity contribution in [2.24, 2.45) is 4.99 Å². The largest absolute Gasteiger partial charge is 0.361 e. The molecule has 0 spiro atoms. The highest BCUT2D eigenvalue weighted by atomic mass is 35.5. The van der Waals surface area contributed by atoms with Gasteiger partial charge in [0.1, 0.15) is 0 Å². The number of amidine groups is 1. The number of thiazole rings is 1. The number of fused-ring (bicyclic) bond motifs is 4. The zero-order valence-corrected chi connectivity index (χ0v) is 22.6. The second-order valence-electron chi connectivity index (χ2n) is 9.63. The Morgan fingerprint density at radius 1 is 1.03 bits per heavy atom. The Morgan fingerprint density at radius 2 is 1.83 bits per heavy atom. The van der Waals surface area contributed by atoms with Crippen LogP contribution in [-0.2, 0) is 12.8 Å². The molecule has 0 amide bonds. The summed E-state index contributed by atoms with van der Waals surface area (Å²) in [7, 11) is 0. The quantitative estimate of drug-likeness (QED) is 0.263. The van der Waals surface area contributed by atoms with Gasteiger partial charge in [0.2, 0.25) is 0 Å². The molecular weight excluding hydrogens is 527 g/mol. The number of benzene rings is 3. The third-order valence-electron chi connectivity index (χ3n) is 7.15. The summed E-state index contributed by atoms with van der Waals surface area (Å²) in [5.41, 5.74) is 6.21. The summed E-state index contributed by atoms with van der Waals surface area (Å²) in [6, 6.07) is 22.5. The second kappa shape index (κ2) is 9.25. The van der Waals surface area contributed by atoms with Crippen LogP contribution in [0.25, 0.3) is 10.2 Å². The lowest BCUT2D eigenvalue weighted by atomic mass is 10.1. The maximum atomic E-state index is 6.13. The first-order chi connectivity index (χ1) is 17.6. The van der Waals surface area contributed by atoms with Crippen LogP contribution in [0.5, 0.6) is 0 Å². The Labute approximate surface area is 228 Å². The summed E-state index contributed by atoms with van der Waals surface area (Å²) in [6.45, 7) is 0.809. The number of halogens is 2. The Kier molecular flexibility index (Phi) is 5.88. The number of anilines is 1. The number of nitrogens with zero attached hydrogens (tertiary/aromatic N) is 3. The van der Waals surface area contributed by atoms with E-state index in [0.717, 1.165) is 40.4 Å². The standard InChI is InChI=1S/C28H24Cl2N4S2/c29-21-14-23-24(15-22(21)30)35-27(33-23)31-12-11-16-5-7-18(8-6-16)32-28-34(19-9-10-19)26-20-4-2-1-3-17(20)13-25(26)36-28/h1-8,14-15,19,25-26H,9-13H2,(H,31,33)/b32-28-/t25?,26-/m0/s1. The van der Waals surface area contributed by atoms with Crippen LogP contribution in [0.3, 0.4) is 0 Å². The summed E-state index contributed by atoms with van der Waals surface area (Å²) in [5.74, 6) is 0. The summed E-state index contributed by atoms with van der Waals surface area (Å²) >= 11 is 15.8. The molecule has 182 valence electrons. The van der Waals surface area contributed by atoms with Crippen molar-refractivity contribution >= 4 is 72.5 Å². The summed E-state index contributed by atoms with van der Waals surface area (Å²) in [5, 5.41) is 7.21. The first-order valence-corrected chi connectivity index (χ1v) is 14.8. The van der Waals surface area contributed by atoms with Gasteiger partial charge in [0.25, 0.3) is 0 Å². The average Bonchev–Trinajstić information content (AvgIpc) is 3.41. The van der Waals surface area contributed by atoms with Crippen LogP contribution in [0.2, 0.25) is 10.0 Å². The van der Waals surface area contributed by atoms with Crippen molar-refractivity contribution in [1.29, 1.82) is 0 Å². The molecular formula is C28H24Cl2N4S2. The molecule has 1 saturated carbocycles. The fourth-order valence-corrected chi connectivity index (χ4v) is 8.05. The highest BCUT2D eigenvalue weighted by molar-refractivity contribution is 8.14. The topological polar surface area (TPSA) is 40.5 Å². The first kappa shape index (κ1) is 22.9. The molecule has 1 unspecified atom stereocenters. The third kappa shape index (κ3) is 4.28. The van der Waals surface area contributed by atoms with Crippen molar-refractivity contribution in [2.75, 3.05) is 11.9 Å². The average molecular weight is 552 g/mol. The van der Waals surface area contributed by atoms with Crippen LogP contribution < -0.4 is 5.32 Å². The minimum atomic E-state index is 0.484. The molecule has 2 aliphatic carbocycles. The molecule has 1 N–H and O–H groups in total. The van der Waals surface area contributed by atoms with Crippen molar-refractivity contribution in [3.05, 3.63) is 87.4 Å². The van der Waals surface area contributed by atoms with Gasteiger partial charge in [0.05, 0.1) is 32.0 Å². The van der Waals surface area contributed by atoms with Crippen LogP contribution in [0.1, 0.15) is 35.6 Å². The van der Waals surface area contributed by atoms with E-state index in [1.165, 1.54) is 34.7 Å². The van der Waals surface area contributed by atoms with Gasteiger partial charge < -0.3 is 10.2 Å². The Morgan fingerprint density at radius 3 is 2.67 bits per heavy atom. The minimum absolute atomic E-state index is 0.484. The van der Waals surface area contributed by atoms with Crippen LogP contribution >= 0.6 is 46.3 Å². The Balaban J connectivity index is 1.02. The molecule has 1 aromatic heterocycles. The van der Waals surface area contributed by atoms with Crippen molar-refractivity contribution in [1.82, 2.24) is 9.88 Å². The van der Waals surface area contributed by atoms with E-state index in [4.69, 9.17) is 28.2 Å². The molecule has 4 nitrogen and oxygen atoms in total. The second-order valence-corrected chi connectivity index (χ2v) is 12.7. The molecule has 2 heterocycles. The van der Waals surface area contributed by atoms with Gasteiger partial charge in [0.15, 0.2) is 10.3 Å². The predicted octanol–water partition coefficient (Wildman–Crippen LogP) is 8.12. The first-order valence-electron chi connectivity index (χ1n) is 12.3. The van der Waals surface area contributed by atoms with E-state index in [1.54, 1.807) is 11.3 Å². The SMILES string of the molecule is Clc1cc2nc(NCCc3ccc(/N=C4\SC5Cc6ccccc6[C@@H]5N4C4CC4)cc3)sc2cc1Cl. The van der Waals surface area contributed by atoms with Gasteiger partial charge >= 0.3 is 0 Å². The maximum Gasteiger partial charge on any atom is 0.183 e. The highest BCUT2D eigenvalue weighted by Gasteiger charge is 2.50. The number of rotatable bonds is 6. The number of hydrogen-bond acceptors (Lipinski definition) is 5. The molecule has 1 saturated heterocycles. The van der Waals surface area contributed by atoms with E-state index in [0.29, 0.717) is 27.4 Å². The number of hydrogen-bond donors (Lipinski definition) is 1. The van der Waals surface area contributed by atoms with Gasteiger partial charge in [-0.25, -0.2) is 9.98 Å². The molecule has 4 aromatic rings. The zero-order valence-electron chi connectivity index (χ0n) is 19.5. The fraction of sp³-hybridized carbons (Fsp3) is 0.286. The van der Waals surface area contributed by atoms with Crippen LogP contribution in [0, 0.1) is 0 Å². The molecule has 1 aliphatic heterocycles. The third-order valence-corrected chi connectivity index (χ3v) is 10.1. The van der Waals surface area contributed by atoms with E-state index < -0.39 is 0 Å². The number of thioether (sulfide) groups is 1. The predicted molar refractivity (Wildman–Crippen MR) is 154 cm³/mol. The van der Waals surface area contributed by atoms with Gasteiger partial charge in [-0.3, -0.25) is 0 Å². The number of nitrogens with one attached hydrogen (secondary N) is 1. The van der Waals surface area contributed by atoms with Crippen LogP contribution in [0.4, 0.5) is 10.8 Å². The normalized spacial score (nSPS) is 21.8. The summed E-state index contributed by atoms with van der Waals surface area (Å²) in [4.78, 5) is 12.4. The molecule has 0 bridgehead atoms. The van der Waals surface area contributed by atoms with Crippen molar-refractivity contribution in [2.45, 2.75) is 43.0 Å². The monoisotopic (exact) mass is 550 g/mol. The lowest BCUT2D eigenvalue weighted by Gasteiger charge is -2.26. The van der Waals surface area contributed by atoms with Gasteiger partial charge in [-0.05, 0) is 66.6 Å². The summed E-state index contributed by atoms with van der Waals surface area (Å²) in [6.07, 6.45) is 4.63. The van der Waals surface area contributed by atoms with Crippen LogP contribution in [-0.4, -0.2) is 32.9 Å². The van der Waals surface area contributed by atoms with E-state index >= 15 is 0 Å². The number of aliphatic imine (C=N–C) groups is 1. The molecule has 3 aliphatic rings. The molecule has 36 heavy (non-hydrogen) atoms. The van der Waals surface area contributed by atoms with E-state index in [-0.39, 0.29) is 0 Å². The van der Waals surface area contributed by atoms with Crippen molar-refractivity contribution in [3.8, 4) is 0 Å². The van der Waals surface area contributed by atoms with Crippen molar-refractivity contribution in [3.63, 3.8) is 0 Å². The number of aromatic nitrogens is 1. The molecule has 3 aromatic carbocycles. The lowest BCUT2D eigenvalue weighted by molar-refractivity contribution is 0.330. The fourth-order valence-electron chi connectivity index (χ4n) is 5.27. The smallest absolute Gasteiger partial charge is 0.183 e. The maximum absolute atomic E-state index is 6.13. The lowest BCUT2D eigenvalue weighted by Crippen LogP contribution is -2.30. The van der Waals surface area contributed by atoms with Gasteiger partial charge in [0, 0.05) is 17.8 Å². The van der Waals surface area contributed by atoms with Gasteiger partial charge in [-0.2, -0.15) is 0 Å². The van der Waals surface area contributed by atoms with Crippen LogP contribution in [0.15, 0.2) is 65.7 Å². The highest BCUT2D eigenvalue weighted by Crippen LogP contribution is 2.53. The molecule has 2 atom stereocenters. The zero-order chi connectivity index (χ0) is 24.2. The van der Waals surface area contributed by atoms with E-state index in [2.05, 4.69) is 63.7 Å². The molecule has 7 rings (SSSR count). The Hall–Kier alpha value is -2.25. The van der Waals surface area contributed by atoms with Crippen molar-refractivity contribution < 1.29 is 0 Å². The molecule has 0 radical (unpaired) electrons. The van der Waals surface area contributed by atoms with E-state index in [9.17, 15) is 0 Å². The minimum Gasteiger partial charge on any atom is -0.361 e. The molecule has 2 fully saturated rings. The Bertz CT molecular complexity index is 1440.